The molecule has 4 atom stereocenters. The van der Waals surface area contributed by atoms with Gasteiger partial charge in [-0.3, -0.25) is 4.79 Å². The van der Waals surface area contributed by atoms with E-state index in [1.165, 1.54) is 0 Å². The number of hydrogen-bond acceptors (Lipinski definition) is 4. The van der Waals surface area contributed by atoms with Crippen LogP contribution in [0.25, 0.3) is 0 Å². The molecule has 2 N–H and O–H groups in total. The van der Waals surface area contributed by atoms with E-state index in [1.807, 2.05) is 6.08 Å². The van der Waals surface area contributed by atoms with Crippen molar-refractivity contribution in [1.82, 2.24) is 4.72 Å². The molecule has 3 aliphatic carbocycles. The molecule has 3 saturated carbocycles. The van der Waals surface area contributed by atoms with Gasteiger partial charge in [-0.05, 0) is 79.5 Å². The van der Waals surface area contributed by atoms with Gasteiger partial charge in [0.25, 0.3) is 0 Å². The van der Waals surface area contributed by atoms with Gasteiger partial charge >= 0.3 is 5.97 Å². The molecule has 2 bridgehead atoms. The molecule has 4 rings (SSSR count). The second-order valence-corrected chi connectivity index (χ2v) is 10.9. The standard InChI is InChI=1S/C23H33NO5S/c1-23(2)16-14-20(23)19(8-6-4-5-7-9-22(25)26)21(15-16)24-30(27,28)18-12-10-17(29-3)11-13-18/h4,6,10-13,16,19-21,24H,5,7-9,14-15H2,1-3H3,(H,25,26)/t16-,19+,20+,21+/m1/s1. The van der Waals surface area contributed by atoms with Crippen molar-refractivity contribution < 1.29 is 23.1 Å². The number of rotatable bonds is 10. The van der Waals surface area contributed by atoms with E-state index in [0.29, 0.717) is 24.0 Å². The first-order valence-electron chi connectivity index (χ1n) is 10.7. The monoisotopic (exact) mass is 435 g/mol. The molecular weight excluding hydrogens is 402 g/mol. The molecule has 1 aromatic rings. The van der Waals surface area contributed by atoms with Gasteiger partial charge in [0, 0.05) is 12.5 Å². The van der Waals surface area contributed by atoms with Crippen LogP contribution in [0.4, 0.5) is 0 Å². The Labute approximate surface area is 179 Å². The lowest BCUT2D eigenvalue weighted by atomic mass is 9.44. The lowest BCUT2D eigenvalue weighted by Gasteiger charge is -2.62. The van der Waals surface area contributed by atoms with Crippen LogP contribution in [-0.2, 0) is 14.8 Å². The molecule has 166 valence electrons. The van der Waals surface area contributed by atoms with Crippen molar-refractivity contribution >= 4 is 16.0 Å². The highest BCUT2D eigenvalue weighted by Crippen LogP contribution is 2.62. The number of carboxylic acids is 1. The summed E-state index contributed by atoms with van der Waals surface area (Å²) >= 11 is 0. The molecular formula is C23H33NO5S. The summed E-state index contributed by atoms with van der Waals surface area (Å²) in [6.07, 6.45) is 8.51. The Morgan fingerprint density at radius 2 is 1.93 bits per heavy atom. The maximum Gasteiger partial charge on any atom is 0.303 e. The Bertz CT molecular complexity index is 875. The summed E-state index contributed by atoms with van der Waals surface area (Å²) in [5.74, 6) is 1.13. The molecule has 0 unspecified atom stereocenters. The van der Waals surface area contributed by atoms with E-state index < -0.39 is 16.0 Å². The van der Waals surface area contributed by atoms with Gasteiger partial charge in [0.15, 0.2) is 0 Å². The number of sulfonamides is 1. The summed E-state index contributed by atoms with van der Waals surface area (Å²) in [6, 6.07) is 6.39. The molecule has 3 aliphatic rings. The summed E-state index contributed by atoms with van der Waals surface area (Å²) in [5, 5.41) is 8.74. The Morgan fingerprint density at radius 1 is 1.23 bits per heavy atom. The number of methoxy groups -OCH3 is 1. The van der Waals surface area contributed by atoms with Crippen molar-refractivity contribution in [1.29, 1.82) is 0 Å². The van der Waals surface area contributed by atoms with Crippen LogP contribution >= 0.6 is 0 Å². The first-order valence-corrected chi connectivity index (χ1v) is 12.2. The minimum atomic E-state index is -3.60. The molecule has 3 fully saturated rings. The maximum absolute atomic E-state index is 13.0. The molecule has 30 heavy (non-hydrogen) atoms. The molecule has 0 aliphatic heterocycles. The number of benzene rings is 1. The average molecular weight is 436 g/mol. The minimum Gasteiger partial charge on any atom is -0.497 e. The number of unbranched alkanes of at least 4 members (excludes halogenated alkanes) is 1. The Hall–Kier alpha value is -1.86. The SMILES string of the molecule is COc1ccc(S(=O)(=O)N[C@H]2C[C@H]3C[C@@H]([C@@H]2CC=CCCCC(=O)O)C3(C)C)cc1. The van der Waals surface area contributed by atoms with Crippen molar-refractivity contribution in [2.75, 3.05) is 7.11 Å². The third-order valence-corrected chi connectivity index (χ3v) is 8.64. The zero-order valence-electron chi connectivity index (χ0n) is 18.0. The Balaban J connectivity index is 1.68. The van der Waals surface area contributed by atoms with E-state index in [9.17, 15) is 13.2 Å². The van der Waals surface area contributed by atoms with E-state index in [0.717, 1.165) is 25.7 Å². The third-order valence-electron chi connectivity index (χ3n) is 7.13. The third kappa shape index (κ3) is 4.89. The predicted molar refractivity (Wildman–Crippen MR) is 116 cm³/mol. The van der Waals surface area contributed by atoms with Crippen LogP contribution in [-0.4, -0.2) is 32.6 Å². The summed E-state index contributed by atoms with van der Waals surface area (Å²) < 4.78 is 34.1. The Morgan fingerprint density at radius 3 is 2.53 bits per heavy atom. The molecule has 0 aromatic heterocycles. The van der Waals surface area contributed by atoms with Crippen LogP contribution < -0.4 is 9.46 Å². The number of hydrogen-bond donors (Lipinski definition) is 2. The molecule has 0 spiro atoms. The molecule has 0 heterocycles. The number of carboxylic acid groups (broad SMARTS) is 1. The number of allylic oxidation sites excluding steroid dienone is 2. The van der Waals surface area contributed by atoms with E-state index in [2.05, 4.69) is 24.6 Å². The highest BCUT2D eigenvalue weighted by Gasteiger charge is 2.57. The van der Waals surface area contributed by atoms with Crippen LogP contribution in [0.2, 0.25) is 0 Å². The van der Waals surface area contributed by atoms with Crippen molar-refractivity contribution in [2.24, 2.45) is 23.2 Å². The highest BCUT2D eigenvalue weighted by molar-refractivity contribution is 7.89. The normalized spacial score (nSPS) is 27.6. The number of nitrogens with one attached hydrogen (secondary N) is 1. The smallest absolute Gasteiger partial charge is 0.303 e. The quantitative estimate of drug-likeness (QED) is 0.424. The van der Waals surface area contributed by atoms with Gasteiger partial charge < -0.3 is 9.84 Å². The van der Waals surface area contributed by atoms with Gasteiger partial charge in [0.1, 0.15) is 5.75 Å². The van der Waals surface area contributed by atoms with Crippen LogP contribution in [0, 0.1) is 23.2 Å². The molecule has 6 nitrogen and oxygen atoms in total. The summed E-state index contributed by atoms with van der Waals surface area (Å²) in [5.41, 5.74) is 0.240. The fourth-order valence-electron chi connectivity index (χ4n) is 5.17. The zero-order valence-corrected chi connectivity index (χ0v) is 18.8. The summed E-state index contributed by atoms with van der Waals surface area (Å²) in [7, 11) is -2.05. The topological polar surface area (TPSA) is 92.7 Å². The lowest BCUT2D eigenvalue weighted by molar-refractivity contribution is -0.137. The van der Waals surface area contributed by atoms with Gasteiger partial charge in [0.05, 0.1) is 12.0 Å². The van der Waals surface area contributed by atoms with Crippen LogP contribution in [0.15, 0.2) is 41.3 Å². The number of carbonyl (C=O) groups is 1. The van der Waals surface area contributed by atoms with E-state index in [-0.39, 0.29) is 28.7 Å². The second-order valence-electron chi connectivity index (χ2n) is 9.16. The van der Waals surface area contributed by atoms with Crippen molar-refractivity contribution in [3.63, 3.8) is 0 Å². The van der Waals surface area contributed by atoms with Crippen LogP contribution in [0.3, 0.4) is 0 Å². The predicted octanol–water partition coefficient (Wildman–Crippen LogP) is 4.23. The number of aliphatic carboxylic acids is 1. The van der Waals surface area contributed by atoms with Crippen LogP contribution in [0.1, 0.15) is 52.4 Å². The molecule has 1 aromatic carbocycles. The molecule has 0 saturated heterocycles. The Kier molecular flexibility index (Phi) is 6.92. The van der Waals surface area contributed by atoms with Gasteiger partial charge in [-0.1, -0.05) is 26.0 Å². The zero-order chi connectivity index (χ0) is 21.9. The van der Waals surface area contributed by atoms with Crippen molar-refractivity contribution in [3.05, 3.63) is 36.4 Å². The summed E-state index contributed by atoms with van der Waals surface area (Å²) in [6.45, 7) is 4.59. The van der Waals surface area contributed by atoms with Crippen LogP contribution in [0.5, 0.6) is 5.75 Å². The fourth-order valence-corrected chi connectivity index (χ4v) is 6.47. The largest absolute Gasteiger partial charge is 0.497 e. The van der Waals surface area contributed by atoms with E-state index in [1.54, 1.807) is 31.4 Å². The molecule has 0 amide bonds. The molecule has 7 heteroatoms. The maximum atomic E-state index is 13.0. The van der Waals surface area contributed by atoms with Gasteiger partial charge in [-0.15, -0.1) is 0 Å². The van der Waals surface area contributed by atoms with Crippen molar-refractivity contribution in [2.45, 2.75) is 63.3 Å². The van der Waals surface area contributed by atoms with Gasteiger partial charge in [-0.25, -0.2) is 13.1 Å². The fraction of sp³-hybridized carbons (Fsp3) is 0.609. The lowest BCUT2D eigenvalue weighted by Crippen LogP contribution is -2.61. The average Bonchev–Trinajstić information content (AvgIpc) is 2.70. The summed E-state index contributed by atoms with van der Waals surface area (Å²) in [4.78, 5) is 10.9. The molecule has 0 radical (unpaired) electrons. The number of ether oxygens (including phenoxy) is 1. The minimum absolute atomic E-state index is 0.0856. The van der Waals surface area contributed by atoms with Gasteiger partial charge in [0.2, 0.25) is 10.0 Å². The van der Waals surface area contributed by atoms with E-state index in [4.69, 9.17) is 9.84 Å². The highest BCUT2D eigenvalue weighted by atomic mass is 32.2. The number of fused-ring (bicyclic) bond motifs is 2. The van der Waals surface area contributed by atoms with Gasteiger partial charge in [-0.2, -0.15) is 0 Å². The first kappa shape index (κ1) is 22.8. The second kappa shape index (κ2) is 9.10. The first-order chi connectivity index (χ1) is 14.1. The van der Waals surface area contributed by atoms with Crippen molar-refractivity contribution in [3.8, 4) is 5.75 Å². The van der Waals surface area contributed by atoms with E-state index >= 15 is 0 Å².